The molecule has 126 valence electrons. The summed E-state index contributed by atoms with van der Waals surface area (Å²) >= 11 is 0. The monoisotopic (exact) mass is 325 g/mol. The molecule has 2 aromatic rings. The van der Waals surface area contributed by atoms with Crippen LogP contribution in [0.3, 0.4) is 0 Å². The Kier molecular flexibility index (Phi) is 6.09. The molecule has 0 bridgehead atoms. The van der Waals surface area contributed by atoms with E-state index in [1.807, 2.05) is 44.2 Å². The molecular weight excluding hydrogens is 302 g/mol. The highest BCUT2D eigenvalue weighted by atomic mass is 16.2. The fraction of sp³-hybridized carbons (Fsp3) is 0.263. The van der Waals surface area contributed by atoms with E-state index >= 15 is 0 Å². The van der Waals surface area contributed by atoms with Gasteiger partial charge in [-0.1, -0.05) is 32.0 Å². The predicted octanol–water partition coefficient (Wildman–Crippen LogP) is 3.25. The third-order valence-electron chi connectivity index (χ3n) is 3.51. The topological polar surface area (TPSA) is 84.2 Å². The first-order valence-electron chi connectivity index (χ1n) is 7.98. The van der Waals surface area contributed by atoms with Gasteiger partial charge in [0.2, 0.25) is 5.91 Å². The molecule has 0 spiro atoms. The van der Waals surface area contributed by atoms with E-state index in [1.165, 1.54) is 0 Å². The van der Waals surface area contributed by atoms with E-state index in [9.17, 15) is 9.59 Å². The Morgan fingerprint density at radius 1 is 0.917 bits per heavy atom. The van der Waals surface area contributed by atoms with Crippen molar-refractivity contribution in [3.05, 3.63) is 60.2 Å². The molecule has 0 radical (unpaired) electrons. The van der Waals surface area contributed by atoms with Crippen molar-refractivity contribution in [1.82, 2.24) is 0 Å². The lowest BCUT2D eigenvalue weighted by molar-refractivity contribution is -0.117. The van der Waals surface area contributed by atoms with Gasteiger partial charge in [-0.3, -0.25) is 9.59 Å². The Morgan fingerprint density at radius 2 is 1.50 bits per heavy atom. The zero-order chi connectivity index (χ0) is 17.5. The first-order chi connectivity index (χ1) is 11.5. The van der Waals surface area contributed by atoms with Crippen molar-refractivity contribution in [2.75, 3.05) is 10.6 Å². The molecule has 4 N–H and O–H groups in total. The molecule has 24 heavy (non-hydrogen) atoms. The number of hydrogen-bond donors (Lipinski definition) is 3. The van der Waals surface area contributed by atoms with Crippen molar-refractivity contribution in [3.63, 3.8) is 0 Å². The molecular formula is C19H23N3O2. The smallest absolute Gasteiger partial charge is 0.255 e. The molecule has 0 aliphatic carbocycles. The lowest BCUT2D eigenvalue weighted by atomic mass is 10.0. The summed E-state index contributed by atoms with van der Waals surface area (Å²) in [6.45, 7) is 4.04. The zero-order valence-electron chi connectivity index (χ0n) is 14.0. The lowest BCUT2D eigenvalue weighted by Gasteiger charge is -2.14. The fourth-order valence-corrected chi connectivity index (χ4v) is 2.28. The minimum absolute atomic E-state index is 0.199. The van der Waals surface area contributed by atoms with E-state index in [2.05, 4.69) is 10.6 Å². The number of nitrogens with one attached hydrogen (secondary N) is 2. The molecule has 5 heteroatoms. The molecule has 2 amide bonds. The summed E-state index contributed by atoms with van der Waals surface area (Å²) < 4.78 is 0. The van der Waals surface area contributed by atoms with Gasteiger partial charge >= 0.3 is 0 Å². The van der Waals surface area contributed by atoms with Crippen LogP contribution in [0.2, 0.25) is 0 Å². The van der Waals surface area contributed by atoms with Crippen molar-refractivity contribution in [2.24, 2.45) is 11.7 Å². The first-order valence-corrected chi connectivity index (χ1v) is 7.98. The van der Waals surface area contributed by atoms with E-state index in [4.69, 9.17) is 5.73 Å². The minimum Gasteiger partial charge on any atom is -0.325 e. The standard InChI is InChI=1S/C19H23N3O2/c1-13(2)12-17(20)19(24)22-16-10-8-14(9-11-16)18(23)21-15-6-4-3-5-7-15/h3-11,13,17H,12,20H2,1-2H3,(H,21,23)(H,22,24)/t17-/m0/s1. The number of para-hydroxylation sites is 1. The lowest BCUT2D eigenvalue weighted by Crippen LogP contribution is -2.36. The third kappa shape index (κ3) is 5.21. The molecule has 5 nitrogen and oxygen atoms in total. The summed E-state index contributed by atoms with van der Waals surface area (Å²) in [5.41, 5.74) is 7.73. The van der Waals surface area contributed by atoms with Gasteiger partial charge in [0.05, 0.1) is 6.04 Å². The summed E-state index contributed by atoms with van der Waals surface area (Å²) in [5, 5.41) is 5.58. The SMILES string of the molecule is CC(C)C[C@H](N)C(=O)Nc1ccc(C(=O)Nc2ccccc2)cc1. The highest BCUT2D eigenvalue weighted by Gasteiger charge is 2.15. The molecule has 0 aliphatic heterocycles. The summed E-state index contributed by atoms with van der Waals surface area (Å²) in [6, 6.07) is 15.4. The predicted molar refractivity (Wildman–Crippen MR) is 96.9 cm³/mol. The van der Waals surface area contributed by atoms with Gasteiger partial charge in [0.25, 0.3) is 5.91 Å². The fourth-order valence-electron chi connectivity index (χ4n) is 2.28. The maximum absolute atomic E-state index is 12.2. The Morgan fingerprint density at radius 3 is 2.08 bits per heavy atom. The third-order valence-corrected chi connectivity index (χ3v) is 3.51. The van der Waals surface area contributed by atoms with Crippen molar-refractivity contribution in [3.8, 4) is 0 Å². The van der Waals surface area contributed by atoms with Crippen molar-refractivity contribution >= 4 is 23.2 Å². The van der Waals surface area contributed by atoms with Crippen LogP contribution in [0.15, 0.2) is 54.6 Å². The Labute approximate surface area is 142 Å². The van der Waals surface area contributed by atoms with Gasteiger partial charge in [0, 0.05) is 16.9 Å². The Hall–Kier alpha value is -2.66. The van der Waals surface area contributed by atoms with Crippen LogP contribution in [-0.2, 0) is 4.79 Å². The Balaban J connectivity index is 1.95. The second-order valence-corrected chi connectivity index (χ2v) is 6.12. The number of anilines is 2. The van der Waals surface area contributed by atoms with Crippen LogP contribution in [0.5, 0.6) is 0 Å². The first kappa shape index (κ1) is 17.7. The highest BCUT2D eigenvalue weighted by molar-refractivity contribution is 6.04. The summed E-state index contributed by atoms with van der Waals surface area (Å²) in [5.74, 6) is -0.0596. The number of benzene rings is 2. The van der Waals surface area contributed by atoms with Gasteiger partial charge in [-0.2, -0.15) is 0 Å². The molecule has 0 unspecified atom stereocenters. The van der Waals surface area contributed by atoms with E-state index in [0.717, 1.165) is 5.69 Å². The van der Waals surface area contributed by atoms with Gasteiger partial charge in [-0.05, 0) is 48.7 Å². The number of nitrogens with two attached hydrogens (primary N) is 1. The minimum atomic E-state index is -0.536. The molecule has 0 aromatic heterocycles. The van der Waals surface area contributed by atoms with Gasteiger partial charge in [0.15, 0.2) is 0 Å². The van der Waals surface area contributed by atoms with Crippen molar-refractivity contribution in [1.29, 1.82) is 0 Å². The van der Waals surface area contributed by atoms with E-state index < -0.39 is 6.04 Å². The zero-order valence-corrected chi connectivity index (χ0v) is 14.0. The summed E-state index contributed by atoms with van der Waals surface area (Å²) in [6.07, 6.45) is 0.628. The second kappa shape index (κ2) is 8.26. The van der Waals surface area contributed by atoms with Crippen LogP contribution in [0.25, 0.3) is 0 Å². The van der Waals surface area contributed by atoms with Gasteiger partial charge < -0.3 is 16.4 Å². The number of carbonyl (C=O) groups excluding carboxylic acids is 2. The summed E-state index contributed by atoms with van der Waals surface area (Å²) in [7, 11) is 0. The average Bonchev–Trinajstić information content (AvgIpc) is 2.55. The van der Waals surface area contributed by atoms with E-state index in [-0.39, 0.29) is 11.8 Å². The maximum atomic E-state index is 12.2. The van der Waals surface area contributed by atoms with Gasteiger partial charge in [-0.15, -0.1) is 0 Å². The molecule has 0 saturated heterocycles. The highest BCUT2D eigenvalue weighted by Crippen LogP contribution is 2.13. The molecule has 0 fully saturated rings. The molecule has 2 rings (SSSR count). The molecule has 0 saturated carbocycles. The number of rotatable bonds is 6. The van der Waals surface area contributed by atoms with Crippen LogP contribution < -0.4 is 16.4 Å². The van der Waals surface area contributed by atoms with Crippen LogP contribution in [0.4, 0.5) is 11.4 Å². The maximum Gasteiger partial charge on any atom is 0.255 e. The Bertz CT molecular complexity index is 682. The molecule has 0 heterocycles. The quantitative estimate of drug-likeness (QED) is 0.762. The molecule has 1 atom stereocenters. The summed E-state index contributed by atoms with van der Waals surface area (Å²) in [4.78, 5) is 24.2. The van der Waals surface area contributed by atoms with Crippen LogP contribution in [-0.4, -0.2) is 17.9 Å². The average molecular weight is 325 g/mol. The molecule has 2 aromatic carbocycles. The van der Waals surface area contributed by atoms with Crippen molar-refractivity contribution < 1.29 is 9.59 Å². The number of hydrogen-bond acceptors (Lipinski definition) is 3. The number of amides is 2. The van der Waals surface area contributed by atoms with Crippen LogP contribution >= 0.6 is 0 Å². The number of carbonyl (C=O) groups is 2. The van der Waals surface area contributed by atoms with Crippen LogP contribution in [0, 0.1) is 5.92 Å². The largest absolute Gasteiger partial charge is 0.325 e. The van der Waals surface area contributed by atoms with E-state index in [0.29, 0.717) is 23.6 Å². The van der Waals surface area contributed by atoms with Gasteiger partial charge in [-0.25, -0.2) is 0 Å². The molecule has 0 aliphatic rings. The normalized spacial score (nSPS) is 11.8. The van der Waals surface area contributed by atoms with Crippen molar-refractivity contribution in [2.45, 2.75) is 26.3 Å². The van der Waals surface area contributed by atoms with E-state index in [1.54, 1.807) is 24.3 Å². The van der Waals surface area contributed by atoms with Gasteiger partial charge in [0.1, 0.15) is 0 Å². The second-order valence-electron chi connectivity index (χ2n) is 6.12. The van der Waals surface area contributed by atoms with Crippen LogP contribution in [0.1, 0.15) is 30.6 Å².